The molecule has 1 aliphatic heterocycles. The molecule has 86 valence electrons. The Morgan fingerprint density at radius 3 is 2.60 bits per heavy atom. The molecule has 0 aromatic rings. The molecule has 0 bridgehead atoms. The number of hydrogen-bond donors (Lipinski definition) is 1. The van der Waals surface area contributed by atoms with Crippen LogP contribution in [0.25, 0.3) is 0 Å². The van der Waals surface area contributed by atoms with Crippen LogP contribution < -0.4 is 0 Å². The van der Waals surface area contributed by atoms with E-state index >= 15 is 0 Å². The lowest BCUT2D eigenvalue weighted by atomic mass is 10.0. The largest absolute Gasteiger partial charge is 0.481 e. The highest BCUT2D eigenvalue weighted by Gasteiger charge is 2.28. The van der Waals surface area contributed by atoms with Crippen molar-refractivity contribution in [3.8, 4) is 0 Å². The van der Waals surface area contributed by atoms with Gasteiger partial charge in [0, 0.05) is 6.54 Å². The first-order valence-electron chi connectivity index (χ1n) is 6.21. The molecule has 15 heavy (non-hydrogen) atoms. The van der Waals surface area contributed by atoms with E-state index in [0.29, 0.717) is 0 Å². The van der Waals surface area contributed by atoms with Gasteiger partial charge in [-0.2, -0.15) is 0 Å². The van der Waals surface area contributed by atoms with Gasteiger partial charge < -0.3 is 10.0 Å². The van der Waals surface area contributed by atoms with Gasteiger partial charge in [0.1, 0.15) is 0 Å². The summed E-state index contributed by atoms with van der Waals surface area (Å²) in [6.45, 7) is 2.89. The second kappa shape index (κ2) is 4.97. The topological polar surface area (TPSA) is 40.5 Å². The Bertz CT molecular complexity index is 224. The second-order valence-electron chi connectivity index (χ2n) is 5.06. The Morgan fingerprint density at radius 2 is 2.00 bits per heavy atom. The quantitative estimate of drug-likeness (QED) is 0.773. The van der Waals surface area contributed by atoms with Crippen molar-refractivity contribution in [2.24, 2.45) is 11.8 Å². The molecule has 2 fully saturated rings. The van der Waals surface area contributed by atoms with Crippen LogP contribution in [0.2, 0.25) is 0 Å². The zero-order chi connectivity index (χ0) is 10.7. The molecule has 3 heteroatoms. The SMILES string of the molecule is O=C(O)C1CCN(CCC2CCCC2)C1. The van der Waals surface area contributed by atoms with E-state index in [4.69, 9.17) is 5.11 Å². The van der Waals surface area contributed by atoms with Crippen LogP contribution in [0.4, 0.5) is 0 Å². The van der Waals surface area contributed by atoms with Gasteiger partial charge in [-0.3, -0.25) is 4.79 Å². The van der Waals surface area contributed by atoms with E-state index in [1.165, 1.54) is 32.1 Å². The maximum atomic E-state index is 10.8. The van der Waals surface area contributed by atoms with Crippen molar-refractivity contribution >= 4 is 5.97 Å². The summed E-state index contributed by atoms with van der Waals surface area (Å²) in [4.78, 5) is 13.1. The lowest BCUT2D eigenvalue weighted by Gasteiger charge is -2.17. The number of carbonyl (C=O) groups is 1. The summed E-state index contributed by atoms with van der Waals surface area (Å²) in [6, 6.07) is 0. The minimum atomic E-state index is -0.613. The van der Waals surface area contributed by atoms with Crippen LogP contribution in [-0.4, -0.2) is 35.6 Å². The highest BCUT2D eigenvalue weighted by atomic mass is 16.4. The number of likely N-dealkylation sites (tertiary alicyclic amines) is 1. The predicted octanol–water partition coefficient (Wildman–Crippen LogP) is 1.97. The number of nitrogens with zero attached hydrogens (tertiary/aromatic N) is 1. The van der Waals surface area contributed by atoms with Crippen molar-refractivity contribution in [3.05, 3.63) is 0 Å². The molecule has 3 nitrogen and oxygen atoms in total. The molecule has 1 aliphatic carbocycles. The summed E-state index contributed by atoms with van der Waals surface area (Å²) < 4.78 is 0. The predicted molar refractivity (Wildman–Crippen MR) is 58.8 cm³/mol. The Morgan fingerprint density at radius 1 is 1.27 bits per heavy atom. The fourth-order valence-electron chi connectivity index (χ4n) is 2.90. The van der Waals surface area contributed by atoms with Gasteiger partial charge in [-0.1, -0.05) is 25.7 Å². The molecular weight excluding hydrogens is 190 g/mol. The third-order valence-electron chi connectivity index (χ3n) is 3.95. The summed E-state index contributed by atoms with van der Waals surface area (Å²) in [5.74, 6) is 0.209. The van der Waals surface area contributed by atoms with Gasteiger partial charge >= 0.3 is 5.97 Å². The van der Waals surface area contributed by atoms with Crippen LogP contribution >= 0.6 is 0 Å². The molecule has 2 aliphatic rings. The van der Waals surface area contributed by atoms with Crippen molar-refractivity contribution in [2.75, 3.05) is 19.6 Å². The summed E-state index contributed by atoms with van der Waals surface area (Å²) in [5, 5.41) is 8.88. The van der Waals surface area contributed by atoms with Crippen LogP contribution in [0, 0.1) is 11.8 Å². The Balaban J connectivity index is 1.66. The lowest BCUT2D eigenvalue weighted by Crippen LogP contribution is -2.25. The van der Waals surface area contributed by atoms with E-state index in [0.717, 1.165) is 32.0 Å². The number of hydrogen-bond acceptors (Lipinski definition) is 2. The van der Waals surface area contributed by atoms with Gasteiger partial charge in [0.25, 0.3) is 0 Å². The van der Waals surface area contributed by atoms with E-state index in [2.05, 4.69) is 4.90 Å². The minimum Gasteiger partial charge on any atom is -0.481 e. The van der Waals surface area contributed by atoms with Gasteiger partial charge in [-0.05, 0) is 31.8 Å². The second-order valence-corrected chi connectivity index (χ2v) is 5.06. The Labute approximate surface area is 91.5 Å². The van der Waals surface area contributed by atoms with E-state index < -0.39 is 5.97 Å². The van der Waals surface area contributed by atoms with E-state index in [1.807, 2.05) is 0 Å². The molecule has 0 radical (unpaired) electrons. The smallest absolute Gasteiger partial charge is 0.307 e. The normalized spacial score (nSPS) is 28.7. The van der Waals surface area contributed by atoms with Crippen molar-refractivity contribution in [1.82, 2.24) is 4.90 Å². The molecular formula is C12H21NO2. The zero-order valence-electron chi connectivity index (χ0n) is 9.32. The van der Waals surface area contributed by atoms with Crippen LogP contribution in [0.3, 0.4) is 0 Å². The fraction of sp³-hybridized carbons (Fsp3) is 0.917. The van der Waals surface area contributed by atoms with Crippen molar-refractivity contribution < 1.29 is 9.90 Å². The third-order valence-corrected chi connectivity index (χ3v) is 3.95. The number of carboxylic acids is 1. The molecule has 1 atom stereocenters. The lowest BCUT2D eigenvalue weighted by molar-refractivity contribution is -0.141. The van der Waals surface area contributed by atoms with Gasteiger partial charge in [-0.25, -0.2) is 0 Å². The summed E-state index contributed by atoms with van der Waals surface area (Å²) in [5.41, 5.74) is 0. The third kappa shape index (κ3) is 2.94. The minimum absolute atomic E-state index is 0.103. The number of carboxylic acid groups (broad SMARTS) is 1. The molecule has 1 heterocycles. The van der Waals surface area contributed by atoms with E-state index in [9.17, 15) is 4.79 Å². The van der Waals surface area contributed by atoms with Crippen LogP contribution in [0.1, 0.15) is 38.5 Å². The van der Waals surface area contributed by atoms with Gasteiger partial charge in [0.15, 0.2) is 0 Å². The maximum absolute atomic E-state index is 10.8. The molecule has 2 rings (SSSR count). The average molecular weight is 211 g/mol. The standard InChI is InChI=1S/C12H21NO2/c14-12(15)11-6-8-13(9-11)7-5-10-3-1-2-4-10/h10-11H,1-9H2,(H,14,15). The zero-order valence-corrected chi connectivity index (χ0v) is 9.32. The van der Waals surface area contributed by atoms with E-state index in [1.54, 1.807) is 0 Å². The Kier molecular flexibility index (Phi) is 3.62. The first kappa shape index (κ1) is 10.9. The average Bonchev–Trinajstić information content (AvgIpc) is 2.86. The first-order valence-corrected chi connectivity index (χ1v) is 6.21. The van der Waals surface area contributed by atoms with Crippen LogP contribution in [0.5, 0.6) is 0 Å². The number of aliphatic carboxylic acids is 1. The van der Waals surface area contributed by atoms with Crippen LogP contribution in [0.15, 0.2) is 0 Å². The van der Waals surface area contributed by atoms with Gasteiger partial charge in [-0.15, -0.1) is 0 Å². The monoisotopic (exact) mass is 211 g/mol. The highest BCUT2D eigenvalue weighted by Crippen LogP contribution is 2.28. The van der Waals surface area contributed by atoms with Crippen molar-refractivity contribution in [2.45, 2.75) is 38.5 Å². The first-order chi connectivity index (χ1) is 7.25. The molecule has 0 aromatic carbocycles. The molecule has 0 aromatic heterocycles. The highest BCUT2D eigenvalue weighted by molar-refractivity contribution is 5.70. The van der Waals surface area contributed by atoms with Crippen LogP contribution in [-0.2, 0) is 4.79 Å². The Hall–Kier alpha value is -0.570. The molecule has 0 amide bonds. The fourth-order valence-corrected chi connectivity index (χ4v) is 2.90. The molecule has 0 spiro atoms. The molecule has 1 unspecified atom stereocenters. The van der Waals surface area contributed by atoms with Gasteiger partial charge in [0.05, 0.1) is 5.92 Å². The number of rotatable bonds is 4. The molecule has 1 saturated carbocycles. The van der Waals surface area contributed by atoms with Gasteiger partial charge in [0.2, 0.25) is 0 Å². The van der Waals surface area contributed by atoms with E-state index in [-0.39, 0.29) is 5.92 Å². The summed E-state index contributed by atoms with van der Waals surface area (Å²) in [7, 11) is 0. The van der Waals surface area contributed by atoms with Crippen molar-refractivity contribution in [3.63, 3.8) is 0 Å². The maximum Gasteiger partial charge on any atom is 0.307 e. The molecule has 1 saturated heterocycles. The van der Waals surface area contributed by atoms with Crippen molar-refractivity contribution in [1.29, 1.82) is 0 Å². The summed E-state index contributed by atoms with van der Waals surface area (Å²) >= 11 is 0. The molecule has 1 N–H and O–H groups in total. The summed E-state index contributed by atoms with van der Waals surface area (Å²) in [6.07, 6.45) is 7.74.